The number of aryl methyl sites for hydroxylation is 1. The van der Waals surface area contributed by atoms with Gasteiger partial charge in [-0.2, -0.15) is 0 Å². The highest BCUT2D eigenvalue weighted by Crippen LogP contribution is 2.19. The lowest BCUT2D eigenvalue weighted by Crippen LogP contribution is -2.21. The third kappa shape index (κ3) is 3.01. The third-order valence-corrected chi connectivity index (χ3v) is 2.96. The van der Waals surface area contributed by atoms with E-state index in [4.69, 9.17) is 4.74 Å². The second-order valence-corrected chi connectivity index (χ2v) is 4.09. The first-order chi connectivity index (χ1) is 7.36. The minimum absolute atomic E-state index is 0.229. The minimum Gasteiger partial charge on any atom is -0.393 e. The van der Waals surface area contributed by atoms with Gasteiger partial charge in [0.2, 0.25) is 0 Å². The summed E-state index contributed by atoms with van der Waals surface area (Å²) in [7, 11) is 0. The normalized spacial score (nSPS) is 22.9. The summed E-state index contributed by atoms with van der Waals surface area (Å²) in [5.74, 6) is 0.335. The molecule has 0 spiro atoms. The smallest absolute Gasteiger partial charge is 0.0594 e. The van der Waals surface area contributed by atoms with Crippen LogP contribution in [0.1, 0.15) is 18.4 Å². The number of ether oxygens (including phenoxy) is 1. The average molecular weight is 207 g/mol. The van der Waals surface area contributed by atoms with E-state index < -0.39 is 0 Å². The summed E-state index contributed by atoms with van der Waals surface area (Å²) in [6.45, 7) is 1.52. The molecular formula is C12H17NO2. The van der Waals surface area contributed by atoms with E-state index in [1.54, 1.807) is 6.20 Å². The monoisotopic (exact) mass is 207 g/mol. The fourth-order valence-electron chi connectivity index (χ4n) is 1.95. The molecule has 1 saturated heterocycles. The summed E-state index contributed by atoms with van der Waals surface area (Å²) in [6, 6.07) is 3.98. The average Bonchev–Trinajstić information content (AvgIpc) is 2.81. The highest BCUT2D eigenvalue weighted by atomic mass is 16.5. The molecule has 3 nitrogen and oxygen atoms in total. The molecule has 1 aliphatic heterocycles. The van der Waals surface area contributed by atoms with E-state index >= 15 is 0 Å². The number of hydrogen-bond acceptors (Lipinski definition) is 3. The van der Waals surface area contributed by atoms with Crippen molar-refractivity contribution in [3.63, 3.8) is 0 Å². The van der Waals surface area contributed by atoms with E-state index in [0.717, 1.165) is 25.9 Å². The third-order valence-electron chi connectivity index (χ3n) is 2.96. The van der Waals surface area contributed by atoms with Gasteiger partial charge in [0.05, 0.1) is 12.7 Å². The first-order valence-corrected chi connectivity index (χ1v) is 5.51. The molecule has 2 unspecified atom stereocenters. The van der Waals surface area contributed by atoms with Crippen LogP contribution in [0.5, 0.6) is 0 Å². The summed E-state index contributed by atoms with van der Waals surface area (Å²) in [6.07, 6.45) is 6.09. The van der Waals surface area contributed by atoms with Gasteiger partial charge in [-0.25, -0.2) is 0 Å². The molecule has 2 atom stereocenters. The van der Waals surface area contributed by atoms with Crippen LogP contribution >= 0.6 is 0 Å². The summed E-state index contributed by atoms with van der Waals surface area (Å²) in [4.78, 5) is 4.05. The Morgan fingerprint density at radius 1 is 1.60 bits per heavy atom. The summed E-state index contributed by atoms with van der Waals surface area (Å²) in [5.41, 5.74) is 1.19. The van der Waals surface area contributed by atoms with Gasteiger partial charge in [0.25, 0.3) is 0 Å². The van der Waals surface area contributed by atoms with Crippen molar-refractivity contribution in [3.05, 3.63) is 30.1 Å². The molecule has 1 aliphatic rings. The Kier molecular flexibility index (Phi) is 3.69. The maximum Gasteiger partial charge on any atom is 0.0594 e. The maximum absolute atomic E-state index is 9.91. The van der Waals surface area contributed by atoms with Crippen molar-refractivity contribution in [3.8, 4) is 0 Å². The largest absolute Gasteiger partial charge is 0.393 e. The Morgan fingerprint density at radius 3 is 3.20 bits per heavy atom. The molecule has 0 saturated carbocycles. The summed E-state index contributed by atoms with van der Waals surface area (Å²) < 4.78 is 5.26. The van der Waals surface area contributed by atoms with E-state index in [1.807, 2.05) is 18.3 Å². The van der Waals surface area contributed by atoms with Crippen LogP contribution in [0, 0.1) is 5.92 Å². The quantitative estimate of drug-likeness (QED) is 0.811. The maximum atomic E-state index is 9.91. The van der Waals surface area contributed by atoms with Gasteiger partial charge in [0, 0.05) is 24.9 Å². The predicted molar refractivity (Wildman–Crippen MR) is 57.5 cm³/mol. The molecule has 1 aromatic heterocycles. The van der Waals surface area contributed by atoms with Gasteiger partial charge in [0.15, 0.2) is 0 Å². The van der Waals surface area contributed by atoms with Crippen LogP contribution in [0.25, 0.3) is 0 Å². The molecule has 0 amide bonds. The van der Waals surface area contributed by atoms with Crippen LogP contribution in [0.15, 0.2) is 24.5 Å². The van der Waals surface area contributed by atoms with Gasteiger partial charge in [-0.05, 0) is 30.9 Å². The van der Waals surface area contributed by atoms with Crippen molar-refractivity contribution in [2.24, 2.45) is 5.92 Å². The minimum atomic E-state index is -0.229. The number of aliphatic hydroxyl groups excluding tert-OH is 1. The van der Waals surface area contributed by atoms with Crippen molar-refractivity contribution in [1.29, 1.82) is 0 Å². The van der Waals surface area contributed by atoms with E-state index in [2.05, 4.69) is 4.98 Å². The molecule has 0 radical (unpaired) electrons. The molecule has 0 aliphatic carbocycles. The van der Waals surface area contributed by atoms with E-state index in [1.165, 1.54) is 5.56 Å². The topological polar surface area (TPSA) is 42.4 Å². The second kappa shape index (κ2) is 5.24. The fraction of sp³-hybridized carbons (Fsp3) is 0.583. The standard InChI is InChI=1S/C12H17NO2/c14-12(11-5-7-15-9-11)4-3-10-2-1-6-13-8-10/h1-2,6,8,11-12,14H,3-5,7,9H2. The molecule has 2 rings (SSSR count). The van der Waals surface area contributed by atoms with E-state index in [0.29, 0.717) is 12.5 Å². The lowest BCUT2D eigenvalue weighted by atomic mass is 9.96. The lowest BCUT2D eigenvalue weighted by molar-refractivity contribution is 0.0850. The van der Waals surface area contributed by atoms with Crippen molar-refractivity contribution < 1.29 is 9.84 Å². The molecule has 3 heteroatoms. The number of pyridine rings is 1. The summed E-state index contributed by atoms with van der Waals surface area (Å²) in [5, 5.41) is 9.91. The molecule has 0 aromatic carbocycles. The summed E-state index contributed by atoms with van der Waals surface area (Å²) >= 11 is 0. The molecule has 82 valence electrons. The van der Waals surface area contributed by atoms with Crippen LogP contribution in [-0.2, 0) is 11.2 Å². The van der Waals surface area contributed by atoms with Gasteiger partial charge >= 0.3 is 0 Å². The number of hydrogen-bond donors (Lipinski definition) is 1. The molecule has 1 aromatic rings. The van der Waals surface area contributed by atoms with Gasteiger partial charge in [-0.1, -0.05) is 6.07 Å². The van der Waals surface area contributed by atoms with Gasteiger partial charge < -0.3 is 9.84 Å². The molecule has 2 heterocycles. The second-order valence-electron chi connectivity index (χ2n) is 4.09. The number of rotatable bonds is 4. The number of nitrogens with zero attached hydrogens (tertiary/aromatic N) is 1. The van der Waals surface area contributed by atoms with Crippen LogP contribution < -0.4 is 0 Å². The van der Waals surface area contributed by atoms with Crippen LogP contribution in [-0.4, -0.2) is 29.4 Å². The first-order valence-electron chi connectivity index (χ1n) is 5.51. The zero-order valence-corrected chi connectivity index (χ0v) is 8.80. The molecule has 15 heavy (non-hydrogen) atoms. The van der Waals surface area contributed by atoms with E-state index in [9.17, 15) is 5.11 Å². The van der Waals surface area contributed by atoms with Crippen molar-refractivity contribution in [1.82, 2.24) is 4.98 Å². The predicted octanol–water partition coefficient (Wildman–Crippen LogP) is 1.41. The molecular weight excluding hydrogens is 190 g/mol. The highest BCUT2D eigenvalue weighted by Gasteiger charge is 2.23. The first kappa shape index (κ1) is 10.6. The fourth-order valence-corrected chi connectivity index (χ4v) is 1.95. The Labute approximate surface area is 90.1 Å². The lowest BCUT2D eigenvalue weighted by Gasteiger charge is -2.15. The van der Waals surface area contributed by atoms with Crippen LogP contribution in [0.3, 0.4) is 0 Å². The van der Waals surface area contributed by atoms with Gasteiger partial charge in [0.1, 0.15) is 0 Å². The van der Waals surface area contributed by atoms with Crippen molar-refractivity contribution in [2.75, 3.05) is 13.2 Å². The molecule has 1 N–H and O–H groups in total. The van der Waals surface area contributed by atoms with Crippen molar-refractivity contribution >= 4 is 0 Å². The Morgan fingerprint density at radius 2 is 2.53 bits per heavy atom. The Hall–Kier alpha value is -0.930. The highest BCUT2D eigenvalue weighted by molar-refractivity contribution is 5.08. The van der Waals surface area contributed by atoms with E-state index in [-0.39, 0.29) is 6.10 Å². The molecule has 0 bridgehead atoms. The van der Waals surface area contributed by atoms with Crippen LogP contribution in [0.4, 0.5) is 0 Å². The van der Waals surface area contributed by atoms with Gasteiger partial charge in [-0.3, -0.25) is 4.98 Å². The SMILES string of the molecule is OC(CCc1cccnc1)C1CCOC1. The molecule has 1 fully saturated rings. The number of aliphatic hydroxyl groups is 1. The Bertz CT molecular complexity index is 283. The van der Waals surface area contributed by atoms with Crippen molar-refractivity contribution in [2.45, 2.75) is 25.4 Å². The number of aromatic nitrogens is 1. The van der Waals surface area contributed by atoms with Crippen LogP contribution in [0.2, 0.25) is 0 Å². The Balaban J connectivity index is 1.77. The van der Waals surface area contributed by atoms with Gasteiger partial charge in [-0.15, -0.1) is 0 Å². The zero-order valence-electron chi connectivity index (χ0n) is 8.80. The zero-order chi connectivity index (χ0) is 10.5.